The second-order valence-corrected chi connectivity index (χ2v) is 5.68. The number of anilines is 1. The lowest BCUT2D eigenvalue weighted by molar-refractivity contribution is 0.285. The van der Waals surface area contributed by atoms with Gasteiger partial charge in [0.2, 0.25) is 0 Å². The summed E-state index contributed by atoms with van der Waals surface area (Å²) < 4.78 is 5.92. The predicted molar refractivity (Wildman–Crippen MR) is 83.7 cm³/mol. The number of ether oxygens (including phenoxy) is 1. The molecule has 104 valence electrons. The van der Waals surface area contributed by atoms with Gasteiger partial charge in [-0.3, -0.25) is 0 Å². The Hall–Kier alpha value is -1.96. The number of fused-ring (bicyclic) bond motifs is 1. The first-order valence-corrected chi connectivity index (χ1v) is 7.13. The number of aryl methyl sites for hydroxylation is 2. The molecule has 1 atom stereocenters. The van der Waals surface area contributed by atoms with Crippen molar-refractivity contribution < 1.29 is 4.74 Å². The summed E-state index contributed by atoms with van der Waals surface area (Å²) in [4.78, 5) is 0. The number of benzene rings is 2. The van der Waals surface area contributed by atoms with Crippen molar-refractivity contribution >= 4 is 5.69 Å². The van der Waals surface area contributed by atoms with Gasteiger partial charge in [-0.1, -0.05) is 18.2 Å². The van der Waals surface area contributed by atoms with Crippen LogP contribution in [0.2, 0.25) is 0 Å². The number of para-hydroxylation sites is 2. The predicted octanol–water partition coefficient (Wildman–Crippen LogP) is 4.47. The summed E-state index contributed by atoms with van der Waals surface area (Å²) in [6, 6.07) is 10.6. The molecule has 20 heavy (non-hydrogen) atoms. The van der Waals surface area contributed by atoms with Crippen LogP contribution in [-0.4, -0.2) is 6.61 Å². The Balaban J connectivity index is 2.04. The van der Waals surface area contributed by atoms with Gasteiger partial charge in [0, 0.05) is 0 Å². The molecule has 3 rings (SSSR count). The standard InChI is InChI=1S/C18H21NO/c1-11-9-12(2)14(4)18(13(11)3)16-10-20-17-8-6-5-7-15(17)19-16/h5-9,16,19H,10H2,1-4H3. The Morgan fingerprint density at radius 2 is 1.65 bits per heavy atom. The average molecular weight is 267 g/mol. The van der Waals surface area contributed by atoms with Gasteiger partial charge in [0.25, 0.3) is 0 Å². The fourth-order valence-corrected chi connectivity index (χ4v) is 3.04. The van der Waals surface area contributed by atoms with Gasteiger partial charge in [-0.2, -0.15) is 0 Å². The minimum absolute atomic E-state index is 0.225. The van der Waals surface area contributed by atoms with Crippen molar-refractivity contribution in [2.75, 3.05) is 11.9 Å². The second-order valence-electron chi connectivity index (χ2n) is 5.68. The molecule has 1 aliphatic rings. The normalized spacial score (nSPS) is 17.1. The van der Waals surface area contributed by atoms with Crippen molar-refractivity contribution in [1.82, 2.24) is 0 Å². The van der Waals surface area contributed by atoms with E-state index in [4.69, 9.17) is 4.74 Å². The van der Waals surface area contributed by atoms with Gasteiger partial charge in [0.15, 0.2) is 0 Å². The van der Waals surface area contributed by atoms with Crippen LogP contribution in [0.3, 0.4) is 0 Å². The van der Waals surface area contributed by atoms with E-state index in [1.165, 1.54) is 27.8 Å². The van der Waals surface area contributed by atoms with Crippen molar-refractivity contribution in [3.8, 4) is 5.75 Å². The van der Waals surface area contributed by atoms with Crippen LogP contribution < -0.4 is 10.1 Å². The Kier molecular flexibility index (Phi) is 3.17. The van der Waals surface area contributed by atoms with Crippen LogP contribution in [0.15, 0.2) is 30.3 Å². The highest BCUT2D eigenvalue weighted by molar-refractivity contribution is 5.60. The van der Waals surface area contributed by atoms with Crippen LogP contribution in [0.25, 0.3) is 0 Å². The van der Waals surface area contributed by atoms with Crippen LogP contribution in [0.5, 0.6) is 5.75 Å². The number of rotatable bonds is 1. The molecular weight excluding hydrogens is 246 g/mol. The van der Waals surface area contributed by atoms with Gasteiger partial charge in [0.05, 0.1) is 11.7 Å². The Morgan fingerprint density at radius 3 is 2.35 bits per heavy atom. The molecule has 0 spiro atoms. The van der Waals surface area contributed by atoms with E-state index >= 15 is 0 Å². The van der Waals surface area contributed by atoms with E-state index in [-0.39, 0.29) is 6.04 Å². The molecule has 1 aliphatic heterocycles. The lowest BCUT2D eigenvalue weighted by Crippen LogP contribution is -2.25. The molecule has 0 saturated heterocycles. The highest BCUT2D eigenvalue weighted by Gasteiger charge is 2.24. The first-order chi connectivity index (χ1) is 9.58. The third kappa shape index (κ3) is 2.05. The van der Waals surface area contributed by atoms with E-state index in [1.54, 1.807) is 0 Å². The van der Waals surface area contributed by atoms with Crippen LogP contribution in [-0.2, 0) is 0 Å². The first-order valence-electron chi connectivity index (χ1n) is 7.13. The molecule has 0 bridgehead atoms. The smallest absolute Gasteiger partial charge is 0.142 e. The largest absolute Gasteiger partial charge is 0.489 e. The topological polar surface area (TPSA) is 21.3 Å². The number of nitrogens with one attached hydrogen (secondary N) is 1. The van der Waals surface area contributed by atoms with Crippen LogP contribution in [0, 0.1) is 27.7 Å². The molecule has 0 fully saturated rings. The van der Waals surface area contributed by atoms with Gasteiger partial charge in [-0.15, -0.1) is 0 Å². The summed E-state index contributed by atoms with van der Waals surface area (Å²) in [5.74, 6) is 0.948. The minimum Gasteiger partial charge on any atom is -0.489 e. The molecule has 0 amide bonds. The molecule has 2 heteroatoms. The quantitative estimate of drug-likeness (QED) is 0.823. The third-order valence-electron chi connectivity index (χ3n) is 4.39. The summed E-state index contributed by atoms with van der Waals surface area (Å²) in [5.41, 5.74) is 7.91. The molecular formula is C18H21NO. The van der Waals surface area contributed by atoms with Crippen molar-refractivity contribution in [2.45, 2.75) is 33.7 Å². The average Bonchev–Trinajstić information content (AvgIpc) is 2.45. The number of hydrogen-bond acceptors (Lipinski definition) is 2. The summed E-state index contributed by atoms with van der Waals surface area (Å²) in [7, 11) is 0. The fourth-order valence-electron chi connectivity index (χ4n) is 3.04. The van der Waals surface area contributed by atoms with Crippen LogP contribution in [0.1, 0.15) is 33.9 Å². The summed E-state index contributed by atoms with van der Waals surface area (Å²) >= 11 is 0. The maximum Gasteiger partial charge on any atom is 0.142 e. The maximum atomic E-state index is 5.92. The Morgan fingerprint density at radius 1 is 1.00 bits per heavy atom. The number of hydrogen-bond donors (Lipinski definition) is 1. The summed E-state index contributed by atoms with van der Waals surface area (Å²) in [6.07, 6.45) is 0. The van der Waals surface area contributed by atoms with E-state index < -0.39 is 0 Å². The van der Waals surface area contributed by atoms with Crippen molar-refractivity contribution in [3.05, 3.63) is 58.1 Å². The fraction of sp³-hybridized carbons (Fsp3) is 0.333. The van der Waals surface area contributed by atoms with Crippen LogP contribution in [0.4, 0.5) is 5.69 Å². The zero-order chi connectivity index (χ0) is 14.3. The van der Waals surface area contributed by atoms with Gasteiger partial charge < -0.3 is 10.1 Å². The van der Waals surface area contributed by atoms with Gasteiger partial charge >= 0.3 is 0 Å². The monoisotopic (exact) mass is 267 g/mol. The lowest BCUT2D eigenvalue weighted by Gasteiger charge is -2.30. The molecule has 1 N–H and O–H groups in total. The summed E-state index contributed by atoms with van der Waals surface area (Å²) in [5, 5.41) is 3.62. The zero-order valence-corrected chi connectivity index (χ0v) is 12.6. The Bertz CT molecular complexity index is 634. The molecule has 0 saturated carbocycles. The molecule has 2 aromatic carbocycles. The SMILES string of the molecule is Cc1cc(C)c(C)c(C2COc3ccccc3N2)c1C. The molecule has 2 nitrogen and oxygen atoms in total. The van der Waals surface area contributed by atoms with E-state index in [1.807, 2.05) is 18.2 Å². The van der Waals surface area contributed by atoms with Crippen molar-refractivity contribution in [1.29, 1.82) is 0 Å². The minimum atomic E-state index is 0.225. The molecule has 0 aliphatic carbocycles. The Labute approximate surface area is 120 Å². The molecule has 1 heterocycles. The van der Waals surface area contributed by atoms with E-state index in [9.17, 15) is 0 Å². The second kappa shape index (κ2) is 4.86. The van der Waals surface area contributed by atoms with Gasteiger partial charge in [-0.05, 0) is 67.6 Å². The maximum absolute atomic E-state index is 5.92. The van der Waals surface area contributed by atoms with Crippen molar-refractivity contribution in [2.24, 2.45) is 0 Å². The van der Waals surface area contributed by atoms with Gasteiger partial charge in [-0.25, -0.2) is 0 Å². The third-order valence-corrected chi connectivity index (χ3v) is 4.39. The zero-order valence-electron chi connectivity index (χ0n) is 12.6. The van der Waals surface area contributed by atoms with E-state index in [2.05, 4.69) is 45.1 Å². The summed E-state index contributed by atoms with van der Waals surface area (Å²) in [6.45, 7) is 9.46. The van der Waals surface area contributed by atoms with E-state index in [0.29, 0.717) is 6.61 Å². The molecule has 0 radical (unpaired) electrons. The van der Waals surface area contributed by atoms with E-state index in [0.717, 1.165) is 11.4 Å². The van der Waals surface area contributed by atoms with Gasteiger partial charge in [0.1, 0.15) is 12.4 Å². The highest BCUT2D eigenvalue weighted by Crippen LogP contribution is 2.36. The van der Waals surface area contributed by atoms with Crippen molar-refractivity contribution in [3.63, 3.8) is 0 Å². The molecule has 1 unspecified atom stereocenters. The lowest BCUT2D eigenvalue weighted by atomic mass is 9.89. The first kappa shape index (κ1) is 13.0. The molecule has 2 aromatic rings. The highest BCUT2D eigenvalue weighted by atomic mass is 16.5. The molecule has 0 aromatic heterocycles. The van der Waals surface area contributed by atoms with Crippen LogP contribution >= 0.6 is 0 Å².